The van der Waals surface area contributed by atoms with E-state index in [1.54, 1.807) is 6.92 Å². The van der Waals surface area contributed by atoms with Crippen LogP contribution in [0.2, 0.25) is 0 Å². The van der Waals surface area contributed by atoms with Crippen molar-refractivity contribution < 1.29 is 4.74 Å². The summed E-state index contributed by atoms with van der Waals surface area (Å²) in [7, 11) is 0. The Kier molecular flexibility index (Phi) is 5.16. The predicted octanol–water partition coefficient (Wildman–Crippen LogP) is 3.07. The first-order chi connectivity index (χ1) is 7.19. The SMILES string of the molecule is CC#CCOc1c(Br)cc(CN)cc1Br. The van der Waals surface area contributed by atoms with Gasteiger partial charge in [0, 0.05) is 6.54 Å². The normalized spacial score (nSPS) is 9.33. The molecule has 0 amide bonds. The molecule has 0 radical (unpaired) electrons. The molecule has 0 aromatic heterocycles. The molecule has 0 heterocycles. The molecule has 1 aromatic carbocycles. The standard InChI is InChI=1S/C11H11Br2NO/c1-2-3-4-15-11-9(12)5-8(7-14)6-10(11)13/h5-6H,4,7,14H2,1H3. The quantitative estimate of drug-likeness (QED) is 0.863. The molecule has 0 saturated carbocycles. The van der Waals surface area contributed by atoms with Crippen LogP contribution < -0.4 is 10.5 Å². The molecule has 2 N–H and O–H groups in total. The molecule has 0 bridgehead atoms. The first-order valence-corrected chi connectivity index (χ1v) is 5.98. The van der Waals surface area contributed by atoms with E-state index in [-0.39, 0.29) is 0 Å². The summed E-state index contributed by atoms with van der Waals surface area (Å²) in [5.41, 5.74) is 6.60. The summed E-state index contributed by atoms with van der Waals surface area (Å²) in [6.45, 7) is 2.67. The molecule has 1 rings (SSSR count). The monoisotopic (exact) mass is 331 g/mol. The lowest BCUT2D eigenvalue weighted by atomic mass is 10.2. The van der Waals surface area contributed by atoms with Crippen molar-refractivity contribution in [1.29, 1.82) is 0 Å². The van der Waals surface area contributed by atoms with Gasteiger partial charge >= 0.3 is 0 Å². The van der Waals surface area contributed by atoms with E-state index in [0.29, 0.717) is 13.2 Å². The predicted molar refractivity (Wildman–Crippen MR) is 68.7 cm³/mol. The third kappa shape index (κ3) is 3.53. The third-order valence-corrected chi connectivity index (χ3v) is 2.94. The number of benzene rings is 1. The van der Waals surface area contributed by atoms with Gasteiger partial charge in [-0.25, -0.2) is 0 Å². The fourth-order valence-electron chi connectivity index (χ4n) is 1.05. The molecule has 0 saturated heterocycles. The van der Waals surface area contributed by atoms with Gasteiger partial charge in [-0.2, -0.15) is 0 Å². The number of ether oxygens (including phenoxy) is 1. The summed E-state index contributed by atoms with van der Waals surface area (Å²) < 4.78 is 7.27. The van der Waals surface area contributed by atoms with Crippen LogP contribution in [0.25, 0.3) is 0 Å². The summed E-state index contributed by atoms with van der Waals surface area (Å²) in [6, 6.07) is 3.89. The molecule has 0 aliphatic carbocycles. The average Bonchev–Trinajstić information content (AvgIpc) is 2.22. The first-order valence-electron chi connectivity index (χ1n) is 4.39. The summed E-state index contributed by atoms with van der Waals surface area (Å²) in [5, 5.41) is 0. The Morgan fingerprint density at radius 3 is 2.40 bits per heavy atom. The topological polar surface area (TPSA) is 35.2 Å². The van der Waals surface area contributed by atoms with Gasteiger partial charge in [0.2, 0.25) is 0 Å². The Morgan fingerprint density at radius 1 is 1.33 bits per heavy atom. The highest BCUT2D eigenvalue weighted by Crippen LogP contribution is 2.34. The van der Waals surface area contributed by atoms with E-state index in [4.69, 9.17) is 10.5 Å². The highest BCUT2D eigenvalue weighted by Gasteiger charge is 2.07. The molecule has 0 aliphatic rings. The number of hydrogen-bond donors (Lipinski definition) is 1. The Bertz CT molecular complexity index is 384. The van der Waals surface area contributed by atoms with Gasteiger partial charge in [0.15, 0.2) is 0 Å². The zero-order valence-corrected chi connectivity index (χ0v) is 11.5. The van der Waals surface area contributed by atoms with Crippen LogP contribution in [0, 0.1) is 11.8 Å². The van der Waals surface area contributed by atoms with Crippen LogP contribution in [0.4, 0.5) is 0 Å². The maximum Gasteiger partial charge on any atom is 0.149 e. The van der Waals surface area contributed by atoms with Crippen molar-refractivity contribution in [3.63, 3.8) is 0 Å². The fraction of sp³-hybridized carbons (Fsp3) is 0.273. The lowest BCUT2D eigenvalue weighted by Gasteiger charge is -2.09. The van der Waals surface area contributed by atoms with Crippen molar-refractivity contribution in [3.05, 3.63) is 26.6 Å². The van der Waals surface area contributed by atoms with Crippen molar-refractivity contribution in [3.8, 4) is 17.6 Å². The Morgan fingerprint density at radius 2 is 1.93 bits per heavy atom. The maximum absolute atomic E-state index is 5.55. The number of nitrogens with two attached hydrogens (primary N) is 1. The molecule has 0 spiro atoms. The molecule has 0 fully saturated rings. The minimum absolute atomic E-state index is 0.385. The van der Waals surface area contributed by atoms with Gasteiger partial charge in [-0.15, -0.1) is 5.92 Å². The van der Waals surface area contributed by atoms with E-state index in [1.165, 1.54) is 0 Å². The maximum atomic E-state index is 5.55. The minimum Gasteiger partial charge on any atom is -0.479 e. The van der Waals surface area contributed by atoms with Gasteiger partial charge in [-0.3, -0.25) is 0 Å². The molecule has 2 nitrogen and oxygen atoms in total. The minimum atomic E-state index is 0.385. The van der Waals surface area contributed by atoms with Crippen LogP contribution >= 0.6 is 31.9 Å². The van der Waals surface area contributed by atoms with E-state index < -0.39 is 0 Å². The Balaban J connectivity index is 2.91. The van der Waals surface area contributed by atoms with Gasteiger partial charge in [0.05, 0.1) is 8.95 Å². The summed E-state index contributed by atoms with van der Waals surface area (Å²) in [6.07, 6.45) is 0. The van der Waals surface area contributed by atoms with Gasteiger partial charge in [0.25, 0.3) is 0 Å². The second kappa shape index (κ2) is 6.16. The van der Waals surface area contributed by atoms with E-state index in [9.17, 15) is 0 Å². The molecule has 0 atom stereocenters. The third-order valence-electron chi connectivity index (χ3n) is 1.76. The van der Waals surface area contributed by atoms with Crippen molar-refractivity contribution in [2.75, 3.05) is 6.61 Å². The van der Waals surface area contributed by atoms with Crippen LogP contribution in [0.3, 0.4) is 0 Å². The number of rotatable bonds is 3. The van der Waals surface area contributed by atoms with Crippen molar-refractivity contribution >= 4 is 31.9 Å². The van der Waals surface area contributed by atoms with Crippen LogP contribution in [0.1, 0.15) is 12.5 Å². The van der Waals surface area contributed by atoms with E-state index in [2.05, 4.69) is 43.7 Å². The molecule has 1 aromatic rings. The zero-order chi connectivity index (χ0) is 11.3. The van der Waals surface area contributed by atoms with Crippen LogP contribution in [-0.4, -0.2) is 6.61 Å². The molecule has 4 heteroatoms. The first kappa shape index (κ1) is 12.6. The molecular weight excluding hydrogens is 322 g/mol. The zero-order valence-electron chi connectivity index (χ0n) is 8.31. The van der Waals surface area contributed by atoms with Crippen molar-refractivity contribution in [1.82, 2.24) is 0 Å². The van der Waals surface area contributed by atoms with Crippen molar-refractivity contribution in [2.24, 2.45) is 5.73 Å². The smallest absolute Gasteiger partial charge is 0.149 e. The molecule has 0 aliphatic heterocycles. The van der Waals surface area contributed by atoms with Crippen LogP contribution in [-0.2, 0) is 6.54 Å². The lowest BCUT2D eigenvalue weighted by molar-refractivity contribution is 0.365. The molecular formula is C11H11Br2NO. The molecule has 80 valence electrons. The summed E-state index contributed by atoms with van der Waals surface area (Å²) in [4.78, 5) is 0. The van der Waals surface area contributed by atoms with E-state index in [0.717, 1.165) is 20.3 Å². The summed E-state index contributed by atoms with van der Waals surface area (Å²) in [5.74, 6) is 6.37. The number of halogens is 2. The van der Waals surface area contributed by atoms with Gasteiger partial charge in [-0.1, -0.05) is 5.92 Å². The highest BCUT2D eigenvalue weighted by molar-refractivity contribution is 9.11. The van der Waals surface area contributed by atoms with E-state index in [1.807, 2.05) is 12.1 Å². The average molecular weight is 333 g/mol. The van der Waals surface area contributed by atoms with Crippen LogP contribution in [0.15, 0.2) is 21.1 Å². The van der Waals surface area contributed by atoms with Crippen molar-refractivity contribution in [2.45, 2.75) is 13.5 Å². The lowest BCUT2D eigenvalue weighted by Crippen LogP contribution is -1.99. The second-order valence-corrected chi connectivity index (χ2v) is 4.52. The Labute approximate surface area is 106 Å². The highest BCUT2D eigenvalue weighted by atomic mass is 79.9. The second-order valence-electron chi connectivity index (χ2n) is 2.81. The number of hydrogen-bond acceptors (Lipinski definition) is 2. The summed E-state index contributed by atoms with van der Waals surface area (Å²) >= 11 is 6.86. The van der Waals surface area contributed by atoms with E-state index >= 15 is 0 Å². The van der Waals surface area contributed by atoms with Gasteiger partial charge in [-0.05, 0) is 56.5 Å². The van der Waals surface area contributed by atoms with Gasteiger partial charge < -0.3 is 10.5 Å². The molecule has 0 unspecified atom stereocenters. The largest absolute Gasteiger partial charge is 0.479 e. The fourth-order valence-corrected chi connectivity index (χ4v) is 2.56. The van der Waals surface area contributed by atoms with Crippen LogP contribution in [0.5, 0.6) is 5.75 Å². The Hall–Kier alpha value is -0.500. The van der Waals surface area contributed by atoms with Gasteiger partial charge in [0.1, 0.15) is 12.4 Å². The molecule has 15 heavy (non-hydrogen) atoms.